The highest BCUT2D eigenvalue weighted by Crippen LogP contribution is 2.20. The number of nitrogens with zero attached hydrogens (tertiary/aromatic N) is 2. The molecule has 3 rings (SSSR count). The number of halogens is 1. The zero-order chi connectivity index (χ0) is 19.2. The van der Waals surface area contributed by atoms with Crippen LogP contribution < -0.4 is 10.9 Å². The van der Waals surface area contributed by atoms with Crippen LogP contribution in [0.25, 0.3) is 11.4 Å². The van der Waals surface area contributed by atoms with E-state index in [1.165, 1.54) is 10.6 Å². The van der Waals surface area contributed by atoms with Crippen molar-refractivity contribution in [1.82, 2.24) is 14.9 Å². The van der Waals surface area contributed by atoms with E-state index in [2.05, 4.69) is 10.3 Å². The Kier molecular flexibility index (Phi) is 6.04. The molecule has 138 valence electrons. The molecule has 0 saturated carbocycles. The van der Waals surface area contributed by atoms with Crippen LogP contribution >= 0.6 is 11.6 Å². The minimum absolute atomic E-state index is 0.107. The maximum atomic E-state index is 12.6. The van der Waals surface area contributed by atoms with Crippen LogP contribution in [0.5, 0.6) is 0 Å². The summed E-state index contributed by atoms with van der Waals surface area (Å²) in [5.74, 6) is 0.187. The fourth-order valence-corrected chi connectivity index (χ4v) is 2.92. The van der Waals surface area contributed by atoms with Crippen LogP contribution in [0.2, 0.25) is 5.02 Å². The van der Waals surface area contributed by atoms with Gasteiger partial charge < -0.3 is 5.32 Å². The standard InChI is InChI=1S/C21H20ClN3O2/c1-2-18-12-20(27)25(21(24-18)16-9-6-10-17(22)11-16)14-19(26)23-13-15-7-4-3-5-8-15/h3-12H,2,13-14H2,1H3,(H,23,26). The number of hydrogen-bond donors (Lipinski definition) is 1. The molecule has 0 saturated heterocycles. The summed E-state index contributed by atoms with van der Waals surface area (Å²) >= 11 is 6.09. The second-order valence-corrected chi connectivity index (χ2v) is 6.56. The zero-order valence-corrected chi connectivity index (χ0v) is 15.7. The Morgan fingerprint density at radius 2 is 1.89 bits per heavy atom. The molecule has 0 aliphatic heterocycles. The second-order valence-electron chi connectivity index (χ2n) is 6.12. The third kappa shape index (κ3) is 4.83. The Labute approximate surface area is 162 Å². The number of carbonyl (C=O) groups excluding carboxylic acids is 1. The maximum absolute atomic E-state index is 12.6. The molecule has 27 heavy (non-hydrogen) atoms. The molecule has 0 fully saturated rings. The predicted molar refractivity (Wildman–Crippen MR) is 107 cm³/mol. The number of hydrogen-bond acceptors (Lipinski definition) is 3. The van der Waals surface area contributed by atoms with Gasteiger partial charge in [0.05, 0.1) is 0 Å². The number of rotatable bonds is 6. The van der Waals surface area contributed by atoms with Crippen molar-refractivity contribution in [2.45, 2.75) is 26.4 Å². The molecule has 2 aromatic carbocycles. The Balaban J connectivity index is 1.87. The largest absolute Gasteiger partial charge is 0.350 e. The number of amides is 1. The van der Waals surface area contributed by atoms with Crippen LogP contribution in [0, 0.1) is 0 Å². The third-order valence-corrected chi connectivity index (χ3v) is 4.38. The third-order valence-electron chi connectivity index (χ3n) is 4.14. The van der Waals surface area contributed by atoms with Crippen LogP contribution in [-0.2, 0) is 24.3 Å². The van der Waals surface area contributed by atoms with Crippen molar-refractivity contribution in [3.8, 4) is 11.4 Å². The highest BCUT2D eigenvalue weighted by atomic mass is 35.5. The summed E-state index contributed by atoms with van der Waals surface area (Å²) in [5.41, 5.74) is 2.11. The molecule has 5 nitrogen and oxygen atoms in total. The lowest BCUT2D eigenvalue weighted by Crippen LogP contribution is -2.33. The van der Waals surface area contributed by atoms with Gasteiger partial charge in [-0.3, -0.25) is 14.2 Å². The molecular weight excluding hydrogens is 362 g/mol. The minimum atomic E-state index is -0.258. The van der Waals surface area contributed by atoms with Gasteiger partial charge in [-0.05, 0) is 24.1 Å². The highest BCUT2D eigenvalue weighted by molar-refractivity contribution is 6.30. The molecule has 1 aromatic heterocycles. The van der Waals surface area contributed by atoms with E-state index in [0.29, 0.717) is 35.1 Å². The highest BCUT2D eigenvalue weighted by Gasteiger charge is 2.14. The van der Waals surface area contributed by atoms with Gasteiger partial charge in [0.1, 0.15) is 12.4 Å². The Hall–Kier alpha value is -2.92. The molecule has 0 unspecified atom stereocenters. The van der Waals surface area contributed by atoms with Gasteiger partial charge in [-0.1, -0.05) is 61.0 Å². The van der Waals surface area contributed by atoms with Gasteiger partial charge in [-0.2, -0.15) is 0 Å². The van der Waals surface area contributed by atoms with Crippen LogP contribution in [0.1, 0.15) is 18.2 Å². The fourth-order valence-electron chi connectivity index (χ4n) is 2.73. The molecule has 6 heteroatoms. The number of aryl methyl sites for hydroxylation is 1. The summed E-state index contributed by atoms with van der Waals surface area (Å²) in [5, 5.41) is 3.39. The quantitative estimate of drug-likeness (QED) is 0.711. The second kappa shape index (κ2) is 8.64. The summed E-state index contributed by atoms with van der Waals surface area (Å²) in [6, 6.07) is 18.2. The average molecular weight is 382 g/mol. The summed E-state index contributed by atoms with van der Waals surface area (Å²) in [6.07, 6.45) is 0.629. The summed E-state index contributed by atoms with van der Waals surface area (Å²) in [7, 11) is 0. The molecule has 0 aliphatic carbocycles. The van der Waals surface area contributed by atoms with E-state index >= 15 is 0 Å². The SMILES string of the molecule is CCc1cc(=O)n(CC(=O)NCc2ccccc2)c(-c2cccc(Cl)c2)n1. The van der Waals surface area contributed by atoms with Gasteiger partial charge >= 0.3 is 0 Å². The molecule has 3 aromatic rings. The van der Waals surface area contributed by atoms with E-state index < -0.39 is 0 Å². The first-order valence-electron chi connectivity index (χ1n) is 8.74. The first-order valence-corrected chi connectivity index (χ1v) is 9.12. The topological polar surface area (TPSA) is 64.0 Å². The van der Waals surface area contributed by atoms with Crippen LogP contribution in [0.15, 0.2) is 65.5 Å². The van der Waals surface area contributed by atoms with Gasteiger partial charge in [0.25, 0.3) is 5.56 Å². The van der Waals surface area contributed by atoms with E-state index in [1.54, 1.807) is 18.2 Å². The van der Waals surface area contributed by atoms with Crippen LogP contribution in [0.4, 0.5) is 0 Å². The number of nitrogens with one attached hydrogen (secondary N) is 1. The molecule has 1 N–H and O–H groups in total. The van der Waals surface area contributed by atoms with Crippen LogP contribution in [0.3, 0.4) is 0 Å². The Morgan fingerprint density at radius 1 is 1.11 bits per heavy atom. The average Bonchev–Trinajstić information content (AvgIpc) is 2.68. The number of benzene rings is 2. The van der Waals surface area contributed by atoms with Crippen molar-refractivity contribution in [2.75, 3.05) is 0 Å². The molecule has 0 bridgehead atoms. The molecule has 0 radical (unpaired) electrons. The lowest BCUT2D eigenvalue weighted by Gasteiger charge is -2.14. The first kappa shape index (κ1) is 18.9. The molecule has 0 spiro atoms. The van der Waals surface area contributed by atoms with Gasteiger partial charge in [0.15, 0.2) is 0 Å². The normalized spacial score (nSPS) is 10.6. The smallest absolute Gasteiger partial charge is 0.254 e. The van der Waals surface area contributed by atoms with E-state index in [9.17, 15) is 9.59 Å². The molecular formula is C21H20ClN3O2. The Bertz CT molecular complexity index is 1000. The fraction of sp³-hybridized carbons (Fsp3) is 0.190. The van der Waals surface area contributed by atoms with E-state index in [0.717, 1.165) is 5.56 Å². The summed E-state index contributed by atoms with van der Waals surface area (Å²) in [4.78, 5) is 29.6. The lowest BCUT2D eigenvalue weighted by molar-refractivity contribution is -0.121. The monoisotopic (exact) mass is 381 g/mol. The maximum Gasteiger partial charge on any atom is 0.254 e. The van der Waals surface area contributed by atoms with E-state index in [1.807, 2.05) is 43.3 Å². The van der Waals surface area contributed by atoms with E-state index in [4.69, 9.17) is 11.6 Å². The molecule has 0 atom stereocenters. The molecule has 1 heterocycles. The zero-order valence-electron chi connectivity index (χ0n) is 15.0. The Morgan fingerprint density at radius 3 is 2.59 bits per heavy atom. The van der Waals surface area contributed by atoms with Crippen molar-refractivity contribution in [1.29, 1.82) is 0 Å². The van der Waals surface area contributed by atoms with Crippen molar-refractivity contribution in [2.24, 2.45) is 0 Å². The van der Waals surface area contributed by atoms with Crippen LogP contribution in [-0.4, -0.2) is 15.5 Å². The first-order chi connectivity index (χ1) is 13.1. The van der Waals surface area contributed by atoms with Crippen molar-refractivity contribution in [3.05, 3.63) is 87.3 Å². The van der Waals surface area contributed by atoms with Crippen molar-refractivity contribution >= 4 is 17.5 Å². The summed E-state index contributed by atoms with van der Waals surface area (Å²) in [6.45, 7) is 2.23. The molecule has 1 amide bonds. The lowest BCUT2D eigenvalue weighted by atomic mass is 10.2. The van der Waals surface area contributed by atoms with Crippen molar-refractivity contribution in [3.63, 3.8) is 0 Å². The van der Waals surface area contributed by atoms with E-state index in [-0.39, 0.29) is 18.0 Å². The predicted octanol–water partition coefficient (Wildman–Crippen LogP) is 3.44. The van der Waals surface area contributed by atoms with Gasteiger partial charge in [-0.25, -0.2) is 4.98 Å². The van der Waals surface area contributed by atoms with Crippen molar-refractivity contribution < 1.29 is 4.79 Å². The van der Waals surface area contributed by atoms with Gasteiger partial charge in [0.2, 0.25) is 5.91 Å². The van der Waals surface area contributed by atoms with Gasteiger partial charge in [-0.15, -0.1) is 0 Å². The minimum Gasteiger partial charge on any atom is -0.350 e. The molecule has 0 aliphatic rings. The summed E-state index contributed by atoms with van der Waals surface area (Å²) < 4.78 is 1.38. The number of carbonyl (C=O) groups is 1. The van der Waals surface area contributed by atoms with Gasteiger partial charge in [0, 0.05) is 28.9 Å². The number of aromatic nitrogens is 2.